The zero-order valence-electron chi connectivity index (χ0n) is 31.9. The average molecular weight is 717 g/mol. The summed E-state index contributed by atoms with van der Waals surface area (Å²) in [7, 11) is 0. The quantitative estimate of drug-likeness (QED) is 0.124. The van der Waals surface area contributed by atoms with Crippen molar-refractivity contribution >= 4 is 58.4 Å². The minimum atomic E-state index is 1.16. The van der Waals surface area contributed by atoms with Crippen molar-refractivity contribution in [1.29, 1.82) is 0 Å². The van der Waals surface area contributed by atoms with Gasteiger partial charge in [0.05, 0.1) is 0 Å². The first-order chi connectivity index (χ1) is 27.6. The smallest absolute Gasteiger partial charge is 0.0103 e. The number of hydrogen-bond acceptors (Lipinski definition) is 0. The van der Waals surface area contributed by atoms with Gasteiger partial charge in [-0.05, 0) is 127 Å². The minimum Gasteiger partial charge on any atom is -0.0622 e. The van der Waals surface area contributed by atoms with Crippen LogP contribution in [0.2, 0.25) is 0 Å². The lowest BCUT2D eigenvalue weighted by Gasteiger charge is -2.12. The second-order valence-electron chi connectivity index (χ2n) is 14.3. The molecule has 0 unspecified atom stereocenters. The molecule has 0 atom stereocenters. The van der Waals surface area contributed by atoms with Crippen LogP contribution in [-0.2, 0) is 0 Å². The zero-order valence-corrected chi connectivity index (χ0v) is 31.9. The van der Waals surface area contributed by atoms with E-state index in [9.17, 15) is 0 Å². The Hall–Kier alpha value is -7.02. The van der Waals surface area contributed by atoms with Crippen LogP contribution in [0.25, 0.3) is 58.4 Å². The van der Waals surface area contributed by atoms with E-state index in [0.717, 1.165) is 11.1 Å². The summed E-state index contributed by atoms with van der Waals surface area (Å²) in [6.45, 7) is 4.36. The van der Waals surface area contributed by atoms with Gasteiger partial charge in [0.1, 0.15) is 0 Å². The number of fused-ring (bicyclic) bond motifs is 1. The fourth-order valence-electron chi connectivity index (χ4n) is 7.30. The Labute approximate surface area is 331 Å². The molecule has 56 heavy (non-hydrogen) atoms. The maximum Gasteiger partial charge on any atom is -0.0103 e. The summed E-state index contributed by atoms with van der Waals surface area (Å²) >= 11 is 0. The molecule has 0 heteroatoms. The molecule has 0 bridgehead atoms. The molecule has 0 fully saturated rings. The normalized spacial score (nSPS) is 12.2. The number of hydrogen-bond donors (Lipinski definition) is 0. The molecule has 0 radical (unpaired) electrons. The van der Waals surface area contributed by atoms with Gasteiger partial charge in [-0.3, -0.25) is 0 Å². The highest BCUT2D eigenvalue weighted by molar-refractivity contribution is 5.95. The van der Waals surface area contributed by atoms with E-state index >= 15 is 0 Å². The largest absolute Gasteiger partial charge is 0.0622 e. The first-order valence-electron chi connectivity index (χ1n) is 19.3. The van der Waals surface area contributed by atoms with Crippen molar-refractivity contribution in [2.24, 2.45) is 0 Å². The monoisotopic (exact) mass is 716 g/mol. The van der Waals surface area contributed by atoms with Crippen LogP contribution in [0.4, 0.5) is 0 Å². The lowest BCUT2D eigenvalue weighted by Crippen LogP contribution is -1.91. The third kappa shape index (κ3) is 8.52. The van der Waals surface area contributed by atoms with Crippen LogP contribution in [0.15, 0.2) is 194 Å². The maximum absolute atomic E-state index is 2.30. The summed E-state index contributed by atoms with van der Waals surface area (Å²) in [4.78, 5) is 0. The molecule has 0 aromatic heterocycles. The molecule has 268 valence electrons. The molecule has 0 aliphatic heterocycles. The molecule has 0 saturated carbocycles. The van der Waals surface area contributed by atoms with E-state index in [4.69, 9.17) is 0 Å². The van der Waals surface area contributed by atoms with Crippen molar-refractivity contribution in [1.82, 2.24) is 0 Å². The first kappa shape index (κ1) is 36.0. The number of benzene rings is 8. The van der Waals surface area contributed by atoms with Gasteiger partial charge < -0.3 is 0 Å². The van der Waals surface area contributed by atoms with Crippen molar-refractivity contribution in [3.63, 3.8) is 0 Å². The van der Waals surface area contributed by atoms with Crippen LogP contribution in [0, 0.1) is 13.8 Å². The van der Waals surface area contributed by atoms with Crippen LogP contribution in [-0.4, -0.2) is 0 Å². The minimum absolute atomic E-state index is 1.16. The summed E-state index contributed by atoms with van der Waals surface area (Å²) in [6, 6.07) is 69.4. The topological polar surface area (TPSA) is 0 Å². The zero-order chi connectivity index (χ0) is 38.1. The highest BCUT2D eigenvalue weighted by Gasteiger charge is 2.10. The molecule has 0 heterocycles. The van der Waals surface area contributed by atoms with Gasteiger partial charge in [-0.1, -0.05) is 206 Å². The van der Waals surface area contributed by atoms with Gasteiger partial charge >= 0.3 is 0 Å². The standard InChI is InChI=1S/C56H44/c1-41-15-9-13-23-53(41)55(47-17-5-3-6-18-47)37-45-29-25-43(26-30-45)33-35-51-39-49-21-11-12-22-50(49)40-52(51)36-34-44-27-31-46(32-28-44)38-56(48-19-7-4-8-20-48)54-24-14-10-16-42(54)2/h3-40H,1-2H3/b35-33-,36-34-,55-37+,56-38+. The van der Waals surface area contributed by atoms with Crippen LogP contribution in [0.3, 0.4) is 0 Å². The molecule has 0 aliphatic carbocycles. The van der Waals surface area contributed by atoms with Gasteiger partial charge in [-0.25, -0.2) is 0 Å². The van der Waals surface area contributed by atoms with Crippen LogP contribution < -0.4 is 0 Å². The molecular formula is C56H44. The van der Waals surface area contributed by atoms with E-state index in [2.05, 4.69) is 244 Å². The summed E-state index contributed by atoms with van der Waals surface area (Å²) in [5.41, 5.74) is 16.9. The van der Waals surface area contributed by atoms with Gasteiger partial charge in [0.25, 0.3) is 0 Å². The number of rotatable bonds is 10. The lowest BCUT2D eigenvalue weighted by atomic mass is 9.92. The molecule has 0 aliphatic rings. The lowest BCUT2D eigenvalue weighted by molar-refractivity contribution is 1.42. The second-order valence-corrected chi connectivity index (χ2v) is 14.3. The van der Waals surface area contributed by atoms with Crippen LogP contribution in [0.1, 0.15) is 66.8 Å². The molecule has 8 aromatic carbocycles. The van der Waals surface area contributed by atoms with Crippen molar-refractivity contribution in [2.75, 3.05) is 0 Å². The van der Waals surface area contributed by atoms with Crippen molar-refractivity contribution in [2.45, 2.75) is 13.8 Å². The van der Waals surface area contributed by atoms with Gasteiger partial charge in [-0.15, -0.1) is 0 Å². The van der Waals surface area contributed by atoms with E-state index < -0.39 is 0 Å². The second kappa shape index (κ2) is 17.0. The van der Waals surface area contributed by atoms with E-state index in [1.165, 1.54) is 77.6 Å². The predicted octanol–water partition coefficient (Wildman–Crippen LogP) is 15.0. The Morgan fingerprint density at radius 1 is 0.321 bits per heavy atom. The van der Waals surface area contributed by atoms with Crippen LogP contribution in [0.5, 0.6) is 0 Å². The maximum atomic E-state index is 2.30. The SMILES string of the molecule is Cc1ccccc1/C(=C/c1ccc(/C=C\c2cc3ccccc3cc2/C=C\c2ccc(/C=C(\c3ccccc3)c3ccccc3C)cc2)cc1)c1ccccc1. The molecule has 0 spiro atoms. The Morgan fingerprint density at radius 3 is 1.05 bits per heavy atom. The highest BCUT2D eigenvalue weighted by Crippen LogP contribution is 2.31. The van der Waals surface area contributed by atoms with Gasteiger partial charge in [0, 0.05) is 0 Å². The van der Waals surface area contributed by atoms with Gasteiger partial charge in [-0.2, -0.15) is 0 Å². The van der Waals surface area contributed by atoms with E-state index in [1.54, 1.807) is 0 Å². The Bertz CT molecular complexity index is 2510. The summed E-state index contributed by atoms with van der Waals surface area (Å²) in [5.74, 6) is 0. The third-order valence-corrected chi connectivity index (χ3v) is 10.4. The predicted molar refractivity (Wildman–Crippen MR) is 244 cm³/mol. The van der Waals surface area contributed by atoms with E-state index in [-0.39, 0.29) is 0 Å². The molecule has 0 nitrogen and oxygen atoms in total. The van der Waals surface area contributed by atoms with Crippen molar-refractivity contribution < 1.29 is 0 Å². The fourth-order valence-corrected chi connectivity index (χ4v) is 7.30. The van der Waals surface area contributed by atoms with Gasteiger partial charge in [0.2, 0.25) is 0 Å². The summed E-state index contributed by atoms with van der Waals surface area (Å²) in [5, 5.41) is 2.46. The molecular weight excluding hydrogens is 673 g/mol. The molecule has 0 amide bonds. The fraction of sp³-hybridized carbons (Fsp3) is 0.0357. The van der Waals surface area contributed by atoms with Crippen molar-refractivity contribution in [3.05, 3.63) is 261 Å². The van der Waals surface area contributed by atoms with E-state index in [1.807, 2.05) is 0 Å². The van der Waals surface area contributed by atoms with E-state index in [0.29, 0.717) is 0 Å². The highest BCUT2D eigenvalue weighted by atomic mass is 14.1. The Balaban J connectivity index is 1.06. The molecule has 8 aromatic rings. The Morgan fingerprint density at radius 2 is 0.661 bits per heavy atom. The molecule has 0 N–H and O–H groups in total. The molecule has 8 rings (SSSR count). The average Bonchev–Trinajstić information content (AvgIpc) is 3.25. The van der Waals surface area contributed by atoms with Gasteiger partial charge in [0.15, 0.2) is 0 Å². The first-order valence-corrected chi connectivity index (χ1v) is 19.3. The Kier molecular flexibility index (Phi) is 10.9. The van der Waals surface area contributed by atoms with Crippen LogP contribution >= 0.6 is 0 Å². The summed E-state index contributed by atoms with van der Waals surface area (Å²) < 4.78 is 0. The summed E-state index contributed by atoms with van der Waals surface area (Å²) in [6.07, 6.45) is 13.5. The number of aryl methyl sites for hydroxylation is 2. The molecule has 0 saturated heterocycles. The third-order valence-electron chi connectivity index (χ3n) is 10.4. The van der Waals surface area contributed by atoms with Crippen molar-refractivity contribution in [3.8, 4) is 0 Å².